The number of rotatable bonds is 9. The van der Waals surface area contributed by atoms with Crippen LogP contribution in [0.15, 0.2) is 79.2 Å². The van der Waals surface area contributed by atoms with Gasteiger partial charge in [-0.15, -0.1) is 0 Å². The standard InChI is InChI=1S/C43H51NO15/c1-23-18-19-41(8,9)38(58-40(51)31-17-14-20-44-21-31)35(55-27(5)47)34(54-26(4)46)24(2)33(53-25(3)45)32-37(57-39(50)30-15-12-11-13-16-30)42(10,59-29(7)49)22-43(32,52)36(23)56-28(6)48/h11-21,23,32-38,52H,2,22H2,1,3-10H3/b19-18-/t23-,32-,33-,34-,35+,36?,37+,38+,42+,43+/m0/s1. The lowest BCUT2D eigenvalue weighted by molar-refractivity contribution is -0.195. The van der Waals surface area contributed by atoms with E-state index in [9.17, 15) is 38.7 Å². The van der Waals surface area contributed by atoms with Crippen molar-refractivity contribution >= 4 is 41.8 Å². The van der Waals surface area contributed by atoms with Crippen LogP contribution in [0.1, 0.15) is 89.5 Å². The molecule has 1 aromatic heterocycles. The van der Waals surface area contributed by atoms with Crippen LogP contribution in [0.3, 0.4) is 0 Å². The fraction of sp³-hybridized carbons (Fsp3) is 0.488. The SMILES string of the molecule is C=C1[C@H](OC(C)=O)[C@@H](OC(C)=O)[C@@H](OC(=O)c2cccnc2)C(C)(C)/C=C\[C@H](C)C(OC(C)=O)[C@@]2(O)C[C@@](C)(OC(C)=O)[C@H](OC(=O)c3ccccc3)[C@@H]2[C@H]1OC(C)=O. The maximum absolute atomic E-state index is 13.9. The molecule has 2 aromatic rings. The van der Waals surface area contributed by atoms with Crippen LogP contribution in [0, 0.1) is 17.3 Å². The van der Waals surface area contributed by atoms with Gasteiger partial charge in [-0.1, -0.05) is 57.7 Å². The highest BCUT2D eigenvalue weighted by molar-refractivity contribution is 5.90. The number of benzene rings is 1. The quantitative estimate of drug-likeness (QED) is 0.210. The van der Waals surface area contributed by atoms with E-state index >= 15 is 0 Å². The molecule has 0 aliphatic heterocycles. The first kappa shape index (κ1) is 45.8. The third kappa shape index (κ3) is 10.6. The second kappa shape index (κ2) is 18.4. The zero-order valence-electron chi connectivity index (χ0n) is 34.5. The van der Waals surface area contributed by atoms with Gasteiger partial charge >= 0.3 is 41.8 Å². The molecule has 0 amide bonds. The number of hydrogen-bond acceptors (Lipinski definition) is 16. The lowest BCUT2D eigenvalue weighted by Crippen LogP contribution is -2.60. The number of ether oxygens (including phenoxy) is 7. The molecular formula is C43H51NO15. The van der Waals surface area contributed by atoms with Crippen LogP contribution in [-0.2, 0) is 57.1 Å². The molecule has 0 bridgehead atoms. The van der Waals surface area contributed by atoms with Crippen molar-refractivity contribution in [2.24, 2.45) is 17.3 Å². The summed E-state index contributed by atoms with van der Waals surface area (Å²) >= 11 is 0. The molecule has 10 atom stereocenters. The van der Waals surface area contributed by atoms with Crippen LogP contribution in [0.4, 0.5) is 0 Å². The predicted molar refractivity (Wildman–Crippen MR) is 206 cm³/mol. The van der Waals surface area contributed by atoms with E-state index in [2.05, 4.69) is 11.6 Å². The lowest BCUT2D eigenvalue weighted by atomic mass is 9.71. The number of pyridine rings is 1. The van der Waals surface area contributed by atoms with Crippen molar-refractivity contribution in [3.05, 3.63) is 90.3 Å². The number of aliphatic hydroxyl groups is 1. The van der Waals surface area contributed by atoms with E-state index in [-0.39, 0.29) is 16.7 Å². The van der Waals surface area contributed by atoms with Gasteiger partial charge in [-0.2, -0.15) is 0 Å². The zero-order valence-corrected chi connectivity index (χ0v) is 34.5. The van der Waals surface area contributed by atoms with Gasteiger partial charge in [0.25, 0.3) is 0 Å². The van der Waals surface area contributed by atoms with E-state index < -0.39 is 113 Å². The largest absolute Gasteiger partial charge is 0.459 e. The Morgan fingerprint density at radius 2 is 1.22 bits per heavy atom. The van der Waals surface area contributed by atoms with Gasteiger partial charge in [-0.3, -0.25) is 29.0 Å². The second-order valence-electron chi connectivity index (χ2n) is 15.6. The van der Waals surface area contributed by atoms with E-state index in [4.69, 9.17) is 33.2 Å². The van der Waals surface area contributed by atoms with Crippen molar-refractivity contribution in [1.82, 2.24) is 4.98 Å². The normalized spacial score (nSPS) is 30.7. The summed E-state index contributed by atoms with van der Waals surface area (Å²) in [5.74, 6) is -9.04. The minimum absolute atomic E-state index is 0.0211. The van der Waals surface area contributed by atoms with Gasteiger partial charge in [0.15, 0.2) is 24.4 Å². The number of aromatic nitrogens is 1. The van der Waals surface area contributed by atoms with E-state index in [0.717, 1.165) is 34.6 Å². The van der Waals surface area contributed by atoms with Gasteiger partial charge in [-0.25, -0.2) is 9.59 Å². The molecule has 0 saturated heterocycles. The molecule has 4 rings (SSSR count). The Morgan fingerprint density at radius 3 is 1.76 bits per heavy atom. The summed E-state index contributed by atoms with van der Waals surface area (Å²) in [5, 5.41) is 13.3. The third-order valence-corrected chi connectivity index (χ3v) is 10.3. The number of hydrogen-bond donors (Lipinski definition) is 1. The van der Waals surface area contributed by atoms with Crippen LogP contribution in [0.5, 0.6) is 0 Å². The third-order valence-electron chi connectivity index (χ3n) is 10.3. The minimum Gasteiger partial charge on any atom is -0.459 e. The van der Waals surface area contributed by atoms with Gasteiger partial charge in [0.1, 0.15) is 23.4 Å². The van der Waals surface area contributed by atoms with Crippen LogP contribution >= 0.6 is 0 Å². The molecule has 1 unspecified atom stereocenters. The zero-order chi connectivity index (χ0) is 44.0. The highest BCUT2D eigenvalue weighted by Gasteiger charge is 2.70. The molecule has 1 N–H and O–H groups in total. The molecule has 16 nitrogen and oxygen atoms in total. The smallest absolute Gasteiger partial charge is 0.340 e. The van der Waals surface area contributed by atoms with Gasteiger partial charge in [-0.05, 0) is 31.2 Å². The van der Waals surface area contributed by atoms with E-state index in [1.165, 1.54) is 43.6 Å². The molecule has 2 aliphatic carbocycles. The van der Waals surface area contributed by atoms with E-state index in [0.29, 0.717) is 0 Å². The van der Waals surface area contributed by atoms with Crippen molar-refractivity contribution in [2.75, 3.05) is 0 Å². The molecule has 59 heavy (non-hydrogen) atoms. The van der Waals surface area contributed by atoms with Crippen molar-refractivity contribution in [3.63, 3.8) is 0 Å². The number of esters is 7. The summed E-state index contributed by atoms with van der Waals surface area (Å²) in [6.07, 6.45) is -4.99. The Kier molecular flexibility index (Phi) is 14.2. The highest BCUT2D eigenvalue weighted by Crippen LogP contribution is 2.54. The summed E-state index contributed by atoms with van der Waals surface area (Å²) in [6.45, 7) is 15.8. The number of carbonyl (C=O) groups is 7. The van der Waals surface area contributed by atoms with Gasteiger partial charge < -0.3 is 38.3 Å². The fourth-order valence-corrected chi connectivity index (χ4v) is 7.99. The minimum atomic E-state index is -2.42. The molecule has 0 spiro atoms. The fourth-order valence-electron chi connectivity index (χ4n) is 7.99. The summed E-state index contributed by atoms with van der Waals surface area (Å²) in [7, 11) is 0. The summed E-state index contributed by atoms with van der Waals surface area (Å²) in [4.78, 5) is 96.6. The molecule has 1 fully saturated rings. The van der Waals surface area contributed by atoms with E-state index in [1.807, 2.05) is 0 Å². The Morgan fingerprint density at radius 1 is 0.678 bits per heavy atom. The number of carbonyl (C=O) groups excluding carboxylic acids is 7. The van der Waals surface area contributed by atoms with Crippen LogP contribution in [0.25, 0.3) is 0 Å². The molecule has 1 heterocycles. The van der Waals surface area contributed by atoms with Crippen molar-refractivity contribution in [3.8, 4) is 0 Å². The first-order valence-corrected chi connectivity index (χ1v) is 18.9. The molecule has 318 valence electrons. The van der Waals surface area contributed by atoms with Crippen LogP contribution in [-0.4, -0.2) is 99.7 Å². The first-order valence-electron chi connectivity index (χ1n) is 18.9. The highest BCUT2D eigenvalue weighted by atomic mass is 16.6. The van der Waals surface area contributed by atoms with E-state index in [1.54, 1.807) is 51.1 Å². The van der Waals surface area contributed by atoms with Crippen molar-refractivity contribution in [1.29, 1.82) is 0 Å². The van der Waals surface area contributed by atoms with Gasteiger partial charge in [0, 0.05) is 70.3 Å². The second-order valence-corrected chi connectivity index (χ2v) is 15.6. The molecule has 2 aliphatic rings. The average Bonchev–Trinajstić information content (AvgIpc) is 3.36. The Hall–Kier alpha value is -5.90. The summed E-state index contributed by atoms with van der Waals surface area (Å²) < 4.78 is 41.7. The van der Waals surface area contributed by atoms with Crippen molar-refractivity contribution in [2.45, 2.75) is 117 Å². The van der Waals surface area contributed by atoms with Crippen LogP contribution < -0.4 is 0 Å². The van der Waals surface area contributed by atoms with Crippen molar-refractivity contribution < 1.29 is 71.8 Å². The Bertz CT molecular complexity index is 1960. The van der Waals surface area contributed by atoms with Gasteiger partial charge in [0.2, 0.25) is 0 Å². The summed E-state index contributed by atoms with van der Waals surface area (Å²) in [6, 6.07) is 10.7. The number of nitrogens with zero attached hydrogens (tertiary/aromatic N) is 1. The maximum Gasteiger partial charge on any atom is 0.340 e. The summed E-state index contributed by atoms with van der Waals surface area (Å²) in [5.41, 5.74) is -5.96. The molecule has 1 saturated carbocycles. The lowest BCUT2D eigenvalue weighted by Gasteiger charge is -2.46. The molecule has 16 heteroatoms. The van der Waals surface area contributed by atoms with Gasteiger partial charge in [0.05, 0.1) is 17.0 Å². The maximum atomic E-state index is 13.9. The first-order chi connectivity index (χ1) is 27.5. The Balaban J connectivity index is 2.13. The monoisotopic (exact) mass is 821 g/mol. The van der Waals surface area contributed by atoms with Crippen LogP contribution in [0.2, 0.25) is 0 Å². The number of fused-ring (bicyclic) bond motifs is 1. The predicted octanol–water partition coefficient (Wildman–Crippen LogP) is 4.42. The molecule has 1 aromatic carbocycles. The average molecular weight is 822 g/mol. The topological polar surface area (TPSA) is 217 Å². The Labute approximate surface area is 342 Å². The molecule has 0 radical (unpaired) electrons. The molecular weight excluding hydrogens is 770 g/mol.